The van der Waals surface area contributed by atoms with Crippen LogP contribution in [0.25, 0.3) is 0 Å². The summed E-state index contributed by atoms with van der Waals surface area (Å²) in [6, 6.07) is 16.9. The van der Waals surface area contributed by atoms with Crippen molar-refractivity contribution in [2.24, 2.45) is 5.73 Å². The van der Waals surface area contributed by atoms with Gasteiger partial charge in [0, 0.05) is 43.8 Å². The smallest absolute Gasteiger partial charge is 0.264 e. The van der Waals surface area contributed by atoms with E-state index in [0.29, 0.717) is 37.4 Å². The molecule has 3 amide bonds. The van der Waals surface area contributed by atoms with Crippen LogP contribution in [0.2, 0.25) is 0 Å². The molecular formula is C31H37N5O4S. The van der Waals surface area contributed by atoms with E-state index >= 15 is 0 Å². The van der Waals surface area contributed by atoms with Gasteiger partial charge < -0.3 is 30.9 Å². The first kappa shape index (κ1) is 28.6. The maximum Gasteiger partial charge on any atom is 0.264 e. The molecule has 1 aromatic heterocycles. The Bertz CT molecular complexity index is 1350. The molecule has 0 bridgehead atoms. The van der Waals surface area contributed by atoms with Gasteiger partial charge in [0.15, 0.2) is 0 Å². The van der Waals surface area contributed by atoms with Crippen molar-refractivity contribution in [2.45, 2.75) is 44.2 Å². The topological polar surface area (TPSA) is 117 Å². The van der Waals surface area contributed by atoms with Gasteiger partial charge >= 0.3 is 0 Å². The molecule has 0 unspecified atom stereocenters. The van der Waals surface area contributed by atoms with Crippen molar-refractivity contribution >= 4 is 40.4 Å². The van der Waals surface area contributed by atoms with Gasteiger partial charge in [0.1, 0.15) is 5.75 Å². The summed E-state index contributed by atoms with van der Waals surface area (Å²) in [5.74, 6) is 0.436. The predicted molar refractivity (Wildman–Crippen MR) is 162 cm³/mol. The highest BCUT2D eigenvalue weighted by Crippen LogP contribution is 2.30. The summed E-state index contributed by atoms with van der Waals surface area (Å²) in [6.45, 7) is 2.38. The molecule has 1 aliphatic heterocycles. The van der Waals surface area contributed by atoms with Crippen LogP contribution in [-0.4, -0.2) is 68.0 Å². The summed E-state index contributed by atoms with van der Waals surface area (Å²) < 4.78 is 5.22. The number of thiophene rings is 1. The van der Waals surface area contributed by atoms with E-state index in [2.05, 4.69) is 15.5 Å². The Morgan fingerprint density at radius 1 is 0.976 bits per heavy atom. The molecule has 5 rings (SSSR count). The minimum absolute atomic E-state index is 0.0448. The fraction of sp³-hybridized carbons (Fsp3) is 0.387. The van der Waals surface area contributed by atoms with Gasteiger partial charge in [-0.3, -0.25) is 14.4 Å². The van der Waals surface area contributed by atoms with E-state index in [9.17, 15) is 14.4 Å². The van der Waals surface area contributed by atoms with Crippen LogP contribution in [-0.2, 0) is 11.2 Å². The number of nitrogens with one attached hydrogen (secondary N) is 2. The largest absolute Gasteiger partial charge is 0.497 e. The number of anilines is 2. The molecule has 1 saturated carbocycles. The minimum Gasteiger partial charge on any atom is -0.497 e. The van der Waals surface area contributed by atoms with E-state index in [4.69, 9.17) is 10.5 Å². The molecule has 2 aromatic carbocycles. The number of piperazine rings is 1. The third-order valence-electron chi connectivity index (χ3n) is 7.80. The normalized spacial score (nSPS) is 19.0. The number of carbonyl (C=O) groups is 3. The van der Waals surface area contributed by atoms with Crippen molar-refractivity contribution in [2.75, 3.05) is 43.5 Å². The molecule has 1 aliphatic carbocycles. The zero-order valence-electron chi connectivity index (χ0n) is 23.3. The van der Waals surface area contributed by atoms with Crippen LogP contribution in [0.5, 0.6) is 5.75 Å². The summed E-state index contributed by atoms with van der Waals surface area (Å²) in [5, 5.41) is 8.11. The lowest BCUT2D eigenvalue weighted by atomic mass is 9.91. The molecule has 216 valence electrons. The molecule has 2 aliphatic rings. The third kappa shape index (κ3) is 7.25. The number of nitrogens with zero attached hydrogens (tertiary/aromatic N) is 2. The van der Waals surface area contributed by atoms with Crippen LogP contribution >= 0.6 is 11.3 Å². The highest BCUT2D eigenvalue weighted by molar-refractivity contribution is 7.12. The van der Waals surface area contributed by atoms with Gasteiger partial charge in [-0.2, -0.15) is 0 Å². The Hall–Kier alpha value is -3.89. The SMILES string of the molecule is COc1ccc(CC(=O)Nc2cc(C(=O)NC3CCC(N)CC3)ccc2N2CCN(C(=O)c3cccs3)CC2)cc1. The number of carbonyl (C=O) groups excluding carboxylic acids is 3. The maximum atomic E-state index is 13.2. The summed E-state index contributed by atoms with van der Waals surface area (Å²) >= 11 is 1.45. The molecule has 4 N–H and O–H groups in total. The van der Waals surface area contributed by atoms with E-state index in [0.717, 1.165) is 47.6 Å². The number of benzene rings is 2. The van der Waals surface area contributed by atoms with Crippen molar-refractivity contribution in [3.05, 3.63) is 76.0 Å². The Balaban J connectivity index is 1.31. The first-order valence-corrected chi connectivity index (χ1v) is 15.0. The van der Waals surface area contributed by atoms with Crippen LogP contribution in [0.15, 0.2) is 60.0 Å². The predicted octanol–water partition coefficient (Wildman–Crippen LogP) is 3.90. The number of hydrogen-bond donors (Lipinski definition) is 3. The van der Waals surface area contributed by atoms with Gasteiger partial charge in [-0.05, 0) is 73.0 Å². The number of amides is 3. The van der Waals surface area contributed by atoms with Crippen molar-refractivity contribution in [3.8, 4) is 5.75 Å². The lowest BCUT2D eigenvalue weighted by Crippen LogP contribution is -2.48. The van der Waals surface area contributed by atoms with Crippen molar-refractivity contribution in [3.63, 3.8) is 0 Å². The zero-order valence-corrected chi connectivity index (χ0v) is 24.1. The van der Waals surface area contributed by atoms with E-state index in [1.807, 2.05) is 58.8 Å². The zero-order chi connectivity index (χ0) is 28.8. The molecule has 3 aromatic rings. The molecule has 41 heavy (non-hydrogen) atoms. The number of methoxy groups -OCH3 is 1. The van der Waals surface area contributed by atoms with Gasteiger partial charge in [0.2, 0.25) is 5.91 Å². The fourth-order valence-electron chi connectivity index (χ4n) is 5.42. The maximum absolute atomic E-state index is 13.2. The molecule has 9 nitrogen and oxygen atoms in total. The summed E-state index contributed by atoms with van der Waals surface area (Å²) in [7, 11) is 1.60. The van der Waals surface area contributed by atoms with Crippen LogP contribution in [0, 0.1) is 0 Å². The Labute approximate surface area is 244 Å². The third-order valence-corrected chi connectivity index (χ3v) is 8.66. The second-order valence-electron chi connectivity index (χ2n) is 10.6. The average molecular weight is 576 g/mol. The van der Waals surface area contributed by atoms with E-state index < -0.39 is 0 Å². The Kier molecular flexibility index (Phi) is 9.21. The second kappa shape index (κ2) is 13.2. The first-order valence-electron chi connectivity index (χ1n) is 14.1. The average Bonchev–Trinajstić information content (AvgIpc) is 3.54. The van der Waals surface area contributed by atoms with Crippen LogP contribution in [0.1, 0.15) is 51.3 Å². The molecule has 1 saturated heterocycles. The number of rotatable bonds is 8. The highest BCUT2D eigenvalue weighted by atomic mass is 32.1. The van der Waals surface area contributed by atoms with E-state index in [-0.39, 0.29) is 36.2 Å². The van der Waals surface area contributed by atoms with Crippen LogP contribution in [0.3, 0.4) is 0 Å². The van der Waals surface area contributed by atoms with Gasteiger partial charge in [0.25, 0.3) is 11.8 Å². The lowest BCUT2D eigenvalue weighted by molar-refractivity contribution is -0.115. The van der Waals surface area contributed by atoms with Crippen LogP contribution < -0.4 is 26.0 Å². The van der Waals surface area contributed by atoms with Gasteiger partial charge in [-0.1, -0.05) is 18.2 Å². The van der Waals surface area contributed by atoms with Crippen molar-refractivity contribution in [1.29, 1.82) is 0 Å². The standard InChI is InChI=1S/C31H37N5O4S/c1-40-25-11-4-21(5-12-25)19-29(37)34-26-20-22(30(38)33-24-9-7-23(32)8-10-24)6-13-27(26)35-14-16-36(17-15-35)31(39)28-3-2-18-41-28/h2-6,11-13,18,20,23-24H,7-10,14-17,19,32H2,1H3,(H,33,38)(H,34,37). The number of ether oxygens (including phenoxy) is 1. The molecular weight excluding hydrogens is 538 g/mol. The van der Waals surface area contributed by atoms with E-state index in [1.165, 1.54) is 11.3 Å². The van der Waals surface area contributed by atoms with Crippen LogP contribution in [0.4, 0.5) is 11.4 Å². The summed E-state index contributed by atoms with van der Waals surface area (Å²) in [6.07, 6.45) is 3.72. The molecule has 0 atom stereocenters. The number of hydrogen-bond acceptors (Lipinski definition) is 7. The van der Waals surface area contributed by atoms with Gasteiger partial charge in [-0.15, -0.1) is 11.3 Å². The van der Waals surface area contributed by atoms with Crippen molar-refractivity contribution in [1.82, 2.24) is 10.2 Å². The molecule has 2 heterocycles. The first-order chi connectivity index (χ1) is 19.9. The summed E-state index contributed by atoms with van der Waals surface area (Å²) in [4.78, 5) is 43.9. The quantitative estimate of drug-likeness (QED) is 0.375. The molecule has 0 spiro atoms. The minimum atomic E-state index is -0.179. The van der Waals surface area contributed by atoms with E-state index in [1.54, 1.807) is 13.2 Å². The number of nitrogens with two attached hydrogens (primary N) is 1. The second-order valence-corrected chi connectivity index (χ2v) is 11.6. The fourth-order valence-corrected chi connectivity index (χ4v) is 6.11. The molecule has 0 radical (unpaired) electrons. The Morgan fingerprint density at radius 2 is 1.71 bits per heavy atom. The van der Waals surface area contributed by atoms with Gasteiger partial charge in [-0.25, -0.2) is 0 Å². The monoisotopic (exact) mass is 575 g/mol. The molecule has 10 heteroatoms. The molecule has 2 fully saturated rings. The summed E-state index contributed by atoms with van der Waals surface area (Å²) in [5.41, 5.74) is 8.79. The lowest BCUT2D eigenvalue weighted by Gasteiger charge is -2.37. The Morgan fingerprint density at radius 3 is 2.37 bits per heavy atom. The van der Waals surface area contributed by atoms with Gasteiger partial charge in [0.05, 0.1) is 29.8 Å². The highest BCUT2D eigenvalue weighted by Gasteiger charge is 2.26. The van der Waals surface area contributed by atoms with Crippen molar-refractivity contribution < 1.29 is 19.1 Å².